The number of fused-ring (bicyclic) bond motifs is 1. The van der Waals surface area contributed by atoms with Crippen molar-refractivity contribution in [3.63, 3.8) is 0 Å². The number of aryl methyl sites for hydroxylation is 1. The first-order valence-corrected chi connectivity index (χ1v) is 5.72. The van der Waals surface area contributed by atoms with Gasteiger partial charge in [0.1, 0.15) is 5.82 Å². The van der Waals surface area contributed by atoms with Crippen molar-refractivity contribution in [2.24, 2.45) is 0 Å². The second-order valence-electron chi connectivity index (χ2n) is 4.38. The van der Waals surface area contributed by atoms with E-state index in [1.165, 1.54) is 0 Å². The molecule has 0 amide bonds. The minimum atomic E-state index is 0.514. The van der Waals surface area contributed by atoms with Crippen molar-refractivity contribution in [3.05, 3.63) is 23.8 Å². The topological polar surface area (TPSA) is 55.1 Å². The Morgan fingerprint density at radius 3 is 2.94 bits per heavy atom. The third-order valence-corrected chi connectivity index (χ3v) is 3.12. The Kier molecular flexibility index (Phi) is 2.32. The van der Waals surface area contributed by atoms with Crippen LogP contribution >= 0.6 is 0 Å². The molecule has 5 heteroatoms. The van der Waals surface area contributed by atoms with E-state index in [-0.39, 0.29) is 0 Å². The highest BCUT2D eigenvalue weighted by Gasteiger charge is 2.20. The van der Waals surface area contributed by atoms with Crippen molar-refractivity contribution in [1.29, 1.82) is 0 Å². The Labute approximate surface area is 93.9 Å². The maximum Gasteiger partial charge on any atom is 0.254 e. The van der Waals surface area contributed by atoms with Crippen molar-refractivity contribution in [2.45, 2.75) is 25.7 Å². The Balaban J connectivity index is 2.05. The van der Waals surface area contributed by atoms with E-state index in [0.717, 1.165) is 37.3 Å². The molecular formula is C11H15N5. The lowest BCUT2D eigenvalue weighted by atomic mass is 9.97. The van der Waals surface area contributed by atoms with Crippen LogP contribution in [0.4, 0.5) is 0 Å². The lowest BCUT2D eigenvalue weighted by Crippen LogP contribution is -2.27. The van der Waals surface area contributed by atoms with Gasteiger partial charge in [-0.3, -0.25) is 4.40 Å². The van der Waals surface area contributed by atoms with Gasteiger partial charge in [-0.1, -0.05) is 0 Å². The number of hydrogen-bond donors (Lipinski definition) is 1. The van der Waals surface area contributed by atoms with Crippen LogP contribution in [-0.2, 0) is 0 Å². The highest BCUT2D eigenvalue weighted by molar-refractivity contribution is 5.29. The van der Waals surface area contributed by atoms with Crippen molar-refractivity contribution in [3.8, 4) is 0 Å². The van der Waals surface area contributed by atoms with Gasteiger partial charge in [-0.05, 0) is 38.4 Å². The fourth-order valence-corrected chi connectivity index (χ4v) is 2.26. The monoisotopic (exact) mass is 217 g/mol. The summed E-state index contributed by atoms with van der Waals surface area (Å²) in [7, 11) is 0. The smallest absolute Gasteiger partial charge is 0.254 e. The highest BCUT2D eigenvalue weighted by atomic mass is 15.3. The standard InChI is InChI=1S/C11H15N5/c1-8-6-13-11-15-14-10(16(11)7-8)9-2-4-12-5-3-9/h6-7,9,12H,2-5H2,1H3. The fraction of sp³-hybridized carbons (Fsp3) is 0.545. The van der Waals surface area contributed by atoms with Crippen LogP contribution in [0.25, 0.3) is 5.78 Å². The molecule has 0 radical (unpaired) electrons. The summed E-state index contributed by atoms with van der Waals surface area (Å²) in [6, 6.07) is 0. The summed E-state index contributed by atoms with van der Waals surface area (Å²) in [6.45, 7) is 4.18. The van der Waals surface area contributed by atoms with Crippen LogP contribution in [0.5, 0.6) is 0 Å². The second kappa shape index (κ2) is 3.83. The predicted octanol–water partition coefficient (Wildman–Crippen LogP) is 0.900. The lowest BCUT2D eigenvalue weighted by molar-refractivity contribution is 0.442. The number of aromatic nitrogens is 4. The molecule has 2 aromatic heterocycles. The summed E-state index contributed by atoms with van der Waals surface area (Å²) in [5, 5.41) is 11.8. The molecule has 1 fully saturated rings. The van der Waals surface area contributed by atoms with E-state index in [9.17, 15) is 0 Å². The maximum atomic E-state index is 4.28. The van der Waals surface area contributed by atoms with Gasteiger partial charge in [-0.25, -0.2) is 4.98 Å². The van der Waals surface area contributed by atoms with Gasteiger partial charge in [0.25, 0.3) is 5.78 Å². The maximum absolute atomic E-state index is 4.28. The van der Waals surface area contributed by atoms with Crippen LogP contribution in [0.1, 0.15) is 30.1 Å². The predicted molar refractivity (Wildman–Crippen MR) is 60.4 cm³/mol. The molecule has 2 aromatic rings. The van der Waals surface area contributed by atoms with Crippen LogP contribution in [0.2, 0.25) is 0 Å². The zero-order chi connectivity index (χ0) is 11.0. The van der Waals surface area contributed by atoms with E-state index in [0.29, 0.717) is 11.7 Å². The molecule has 0 atom stereocenters. The molecular weight excluding hydrogens is 202 g/mol. The minimum absolute atomic E-state index is 0.514. The number of rotatable bonds is 1. The molecule has 1 saturated heterocycles. The van der Waals surface area contributed by atoms with Crippen LogP contribution in [-0.4, -0.2) is 32.7 Å². The fourth-order valence-electron chi connectivity index (χ4n) is 2.26. The zero-order valence-electron chi connectivity index (χ0n) is 9.35. The molecule has 0 aromatic carbocycles. The van der Waals surface area contributed by atoms with E-state index in [2.05, 4.69) is 26.7 Å². The number of hydrogen-bond acceptors (Lipinski definition) is 4. The van der Waals surface area contributed by atoms with E-state index in [1.807, 2.05) is 17.5 Å². The molecule has 5 nitrogen and oxygen atoms in total. The van der Waals surface area contributed by atoms with Crippen molar-refractivity contribution < 1.29 is 0 Å². The first kappa shape index (κ1) is 9.72. The quantitative estimate of drug-likeness (QED) is 0.771. The average Bonchev–Trinajstić information content (AvgIpc) is 2.73. The SMILES string of the molecule is Cc1cnc2nnc(C3CCNCC3)n2c1. The van der Waals surface area contributed by atoms with Gasteiger partial charge < -0.3 is 5.32 Å². The van der Waals surface area contributed by atoms with Gasteiger partial charge in [0.15, 0.2) is 0 Å². The average molecular weight is 217 g/mol. The molecule has 84 valence electrons. The van der Waals surface area contributed by atoms with Gasteiger partial charge in [0.2, 0.25) is 0 Å². The normalized spacial score (nSPS) is 18.1. The van der Waals surface area contributed by atoms with Crippen LogP contribution < -0.4 is 5.32 Å². The Hall–Kier alpha value is -1.49. The van der Waals surface area contributed by atoms with E-state index >= 15 is 0 Å². The molecule has 3 rings (SSSR count). The third kappa shape index (κ3) is 1.57. The van der Waals surface area contributed by atoms with E-state index < -0.39 is 0 Å². The summed E-state index contributed by atoms with van der Waals surface area (Å²) in [5.74, 6) is 2.28. The molecule has 1 aliphatic heterocycles. The Morgan fingerprint density at radius 1 is 1.31 bits per heavy atom. The highest BCUT2D eigenvalue weighted by Crippen LogP contribution is 2.23. The van der Waals surface area contributed by atoms with Gasteiger partial charge >= 0.3 is 0 Å². The first-order chi connectivity index (χ1) is 7.84. The van der Waals surface area contributed by atoms with Gasteiger partial charge in [0, 0.05) is 18.3 Å². The molecule has 0 bridgehead atoms. The van der Waals surface area contributed by atoms with Gasteiger partial charge in [0.05, 0.1) is 0 Å². The number of nitrogens with zero attached hydrogens (tertiary/aromatic N) is 4. The minimum Gasteiger partial charge on any atom is -0.317 e. The molecule has 0 saturated carbocycles. The number of piperidine rings is 1. The summed E-state index contributed by atoms with van der Waals surface area (Å²) >= 11 is 0. The van der Waals surface area contributed by atoms with Gasteiger partial charge in [-0.2, -0.15) is 0 Å². The van der Waals surface area contributed by atoms with Crippen molar-refractivity contribution in [2.75, 3.05) is 13.1 Å². The molecule has 0 spiro atoms. The Bertz CT molecular complexity index is 498. The van der Waals surface area contributed by atoms with E-state index in [4.69, 9.17) is 0 Å². The zero-order valence-corrected chi connectivity index (χ0v) is 9.35. The molecule has 0 unspecified atom stereocenters. The summed E-state index contributed by atoms with van der Waals surface area (Å²) in [4.78, 5) is 4.27. The Morgan fingerprint density at radius 2 is 2.12 bits per heavy atom. The third-order valence-electron chi connectivity index (χ3n) is 3.12. The molecule has 3 heterocycles. The molecule has 1 N–H and O–H groups in total. The summed E-state index contributed by atoms with van der Waals surface area (Å²) < 4.78 is 2.03. The largest absolute Gasteiger partial charge is 0.317 e. The first-order valence-electron chi connectivity index (χ1n) is 5.72. The van der Waals surface area contributed by atoms with E-state index in [1.54, 1.807) is 0 Å². The van der Waals surface area contributed by atoms with Crippen LogP contribution in [0.15, 0.2) is 12.4 Å². The van der Waals surface area contributed by atoms with Crippen LogP contribution in [0.3, 0.4) is 0 Å². The van der Waals surface area contributed by atoms with Crippen LogP contribution in [0, 0.1) is 6.92 Å². The summed E-state index contributed by atoms with van der Waals surface area (Å²) in [5.41, 5.74) is 1.14. The van der Waals surface area contributed by atoms with Crippen molar-refractivity contribution in [1.82, 2.24) is 24.9 Å². The molecule has 1 aliphatic rings. The molecule has 0 aliphatic carbocycles. The summed E-state index contributed by atoms with van der Waals surface area (Å²) in [6.07, 6.45) is 6.17. The molecule has 16 heavy (non-hydrogen) atoms. The lowest BCUT2D eigenvalue weighted by Gasteiger charge is -2.20. The number of nitrogens with one attached hydrogen (secondary N) is 1. The van der Waals surface area contributed by atoms with Crippen molar-refractivity contribution >= 4 is 5.78 Å². The second-order valence-corrected chi connectivity index (χ2v) is 4.38. The van der Waals surface area contributed by atoms with Gasteiger partial charge in [-0.15, -0.1) is 10.2 Å².